The number of aryl methyl sites for hydroxylation is 1. The lowest BCUT2D eigenvalue weighted by Gasteiger charge is -2.25. The maximum absolute atomic E-state index is 14.7. The van der Waals surface area contributed by atoms with E-state index in [2.05, 4.69) is 20.9 Å². The first-order valence-electron chi connectivity index (χ1n) is 9.72. The van der Waals surface area contributed by atoms with E-state index in [1.54, 1.807) is 55.1 Å². The van der Waals surface area contributed by atoms with Crippen molar-refractivity contribution in [1.29, 1.82) is 0 Å². The van der Waals surface area contributed by atoms with Crippen LogP contribution in [0.3, 0.4) is 0 Å². The van der Waals surface area contributed by atoms with Gasteiger partial charge in [-0.3, -0.25) is 9.59 Å². The third-order valence-corrected chi connectivity index (χ3v) is 5.76. The zero-order chi connectivity index (χ0) is 22.0. The topological polar surface area (TPSA) is 75.4 Å². The van der Waals surface area contributed by atoms with Crippen LogP contribution in [0.15, 0.2) is 77.3 Å². The molecule has 3 aromatic rings. The molecule has 1 fully saturated rings. The lowest BCUT2D eigenvalue weighted by atomic mass is 9.95. The molecule has 158 valence electrons. The van der Waals surface area contributed by atoms with Crippen molar-refractivity contribution in [3.8, 4) is 0 Å². The van der Waals surface area contributed by atoms with Gasteiger partial charge < -0.3 is 14.6 Å². The van der Waals surface area contributed by atoms with Crippen LogP contribution in [0.4, 0.5) is 4.39 Å². The smallest absolute Gasteiger partial charge is 0.295 e. The molecule has 8 heteroatoms. The molecular weight excluding hydrogens is 465 g/mol. The zero-order valence-corrected chi connectivity index (χ0v) is 18.0. The van der Waals surface area contributed by atoms with Gasteiger partial charge in [0.2, 0.25) is 0 Å². The highest BCUT2D eigenvalue weighted by Gasteiger charge is 2.46. The fourth-order valence-electron chi connectivity index (χ4n) is 3.74. The third kappa shape index (κ3) is 4.16. The molecule has 31 heavy (non-hydrogen) atoms. The number of imidazole rings is 1. The Labute approximate surface area is 186 Å². The van der Waals surface area contributed by atoms with Crippen molar-refractivity contribution >= 4 is 33.4 Å². The van der Waals surface area contributed by atoms with Crippen molar-refractivity contribution < 1.29 is 19.1 Å². The molecule has 1 saturated heterocycles. The molecule has 1 aromatic heterocycles. The molecule has 0 radical (unpaired) electrons. The van der Waals surface area contributed by atoms with Crippen LogP contribution >= 0.6 is 15.9 Å². The molecule has 1 atom stereocenters. The van der Waals surface area contributed by atoms with Gasteiger partial charge in [0.05, 0.1) is 17.9 Å². The average Bonchev–Trinajstić information content (AvgIpc) is 3.36. The van der Waals surface area contributed by atoms with Crippen LogP contribution in [0.25, 0.3) is 5.76 Å². The molecule has 0 saturated carbocycles. The summed E-state index contributed by atoms with van der Waals surface area (Å²) in [6.45, 7) is 0.804. The van der Waals surface area contributed by atoms with Crippen molar-refractivity contribution in [1.82, 2.24) is 14.5 Å². The van der Waals surface area contributed by atoms with Crippen LogP contribution in [0, 0.1) is 5.82 Å². The Bertz CT molecular complexity index is 1140. The summed E-state index contributed by atoms with van der Waals surface area (Å²) < 4.78 is 17.4. The molecule has 1 aliphatic rings. The number of aromatic nitrogens is 2. The zero-order valence-electron chi connectivity index (χ0n) is 16.4. The van der Waals surface area contributed by atoms with E-state index in [-0.39, 0.29) is 23.4 Å². The number of hydrogen-bond donors (Lipinski definition) is 1. The highest BCUT2D eigenvalue weighted by atomic mass is 79.9. The van der Waals surface area contributed by atoms with E-state index in [0.29, 0.717) is 18.5 Å². The van der Waals surface area contributed by atoms with E-state index in [1.807, 2.05) is 4.57 Å². The van der Waals surface area contributed by atoms with E-state index in [1.165, 1.54) is 17.0 Å². The van der Waals surface area contributed by atoms with Crippen molar-refractivity contribution in [3.63, 3.8) is 0 Å². The molecule has 2 heterocycles. The number of benzene rings is 2. The fraction of sp³-hybridized carbons (Fsp3) is 0.174. The van der Waals surface area contributed by atoms with Gasteiger partial charge in [0.15, 0.2) is 0 Å². The molecule has 0 aliphatic carbocycles. The molecule has 1 amide bonds. The molecule has 6 nitrogen and oxygen atoms in total. The van der Waals surface area contributed by atoms with Gasteiger partial charge in [0.25, 0.3) is 11.7 Å². The summed E-state index contributed by atoms with van der Waals surface area (Å²) in [5.41, 5.74) is 0.434. The van der Waals surface area contributed by atoms with Crippen molar-refractivity contribution in [2.75, 3.05) is 6.54 Å². The Morgan fingerprint density at radius 1 is 1.10 bits per heavy atom. The number of hydrogen-bond acceptors (Lipinski definition) is 4. The standard InChI is InChI=1S/C23H19BrFN3O3/c24-16-8-6-15(7-9-16)21(29)19-20(17-4-1-2-5-18(17)25)28(23(31)22(19)30)12-3-11-27-13-10-26-14-27/h1-2,4-10,13-14,20,29H,3,11-12H2. The van der Waals surface area contributed by atoms with Gasteiger partial charge in [-0.25, -0.2) is 9.37 Å². The minimum atomic E-state index is -1.01. The van der Waals surface area contributed by atoms with Crippen LogP contribution < -0.4 is 0 Å². The van der Waals surface area contributed by atoms with Crippen LogP contribution in [-0.2, 0) is 16.1 Å². The van der Waals surface area contributed by atoms with Gasteiger partial charge in [-0.15, -0.1) is 0 Å². The summed E-state index contributed by atoms with van der Waals surface area (Å²) in [7, 11) is 0. The maximum atomic E-state index is 14.7. The first-order valence-corrected chi connectivity index (χ1v) is 10.5. The molecule has 1 aliphatic heterocycles. The monoisotopic (exact) mass is 483 g/mol. The lowest BCUT2D eigenvalue weighted by molar-refractivity contribution is -0.140. The minimum absolute atomic E-state index is 0.111. The van der Waals surface area contributed by atoms with Gasteiger partial charge in [-0.05, 0) is 24.6 Å². The fourth-order valence-corrected chi connectivity index (χ4v) is 4.00. The predicted octanol–water partition coefficient (Wildman–Crippen LogP) is 4.30. The Balaban J connectivity index is 1.75. The van der Waals surface area contributed by atoms with Crippen LogP contribution in [0.1, 0.15) is 23.6 Å². The summed E-state index contributed by atoms with van der Waals surface area (Å²) in [6.07, 6.45) is 5.66. The van der Waals surface area contributed by atoms with Crippen molar-refractivity contribution in [2.24, 2.45) is 0 Å². The summed E-state index contributed by atoms with van der Waals surface area (Å²) >= 11 is 3.33. The summed E-state index contributed by atoms with van der Waals surface area (Å²) in [6, 6.07) is 11.7. The minimum Gasteiger partial charge on any atom is -0.507 e. The molecule has 4 rings (SSSR count). The Morgan fingerprint density at radius 2 is 1.84 bits per heavy atom. The highest BCUT2D eigenvalue weighted by molar-refractivity contribution is 9.10. The number of carbonyl (C=O) groups excluding carboxylic acids is 2. The Kier molecular flexibility index (Phi) is 5.99. The van der Waals surface area contributed by atoms with E-state index >= 15 is 0 Å². The van der Waals surface area contributed by atoms with E-state index < -0.39 is 23.5 Å². The number of amides is 1. The number of ketones is 1. The molecule has 1 N–H and O–H groups in total. The van der Waals surface area contributed by atoms with Crippen molar-refractivity contribution in [2.45, 2.75) is 19.0 Å². The number of aliphatic hydroxyl groups is 1. The second-order valence-electron chi connectivity index (χ2n) is 7.17. The normalized spacial score (nSPS) is 18.0. The number of aliphatic hydroxyl groups excluding tert-OH is 1. The first kappa shape index (κ1) is 21.0. The first-order chi connectivity index (χ1) is 15.0. The van der Waals surface area contributed by atoms with Gasteiger partial charge in [-0.1, -0.05) is 46.3 Å². The van der Waals surface area contributed by atoms with Crippen molar-refractivity contribution in [3.05, 3.63) is 94.2 Å². The quantitative estimate of drug-likeness (QED) is 0.322. The number of likely N-dealkylation sites (tertiary alicyclic amines) is 1. The summed E-state index contributed by atoms with van der Waals surface area (Å²) in [5.74, 6) is -2.44. The molecule has 1 unspecified atom stereocenters. The predicted molar refractivity (Wildman–Crippen MR) is 116 cm³/mol. The highest BCUT2D eigenvalue weighted by Crippen LogP contribution is 2.40. The maximum Gasteiger partial charge on any atom is 0.295 e. The number of nitrogens with zero attached hydrogens (tertiary/aromatic N) is 3. The van der Waals surface area contributed by atoms with Gasteiger partial charge >= 0.3 is 0 Å². The lowest BCUT2D eigenvalue weighted by Crippen LogP contribution is -2.31. The Morgan fingerprint density at radius 3 is 2.52 bits per heavy atom. The third-order valence-electron chi connectivity index (χ3n) is 5.23. The van der Waals surface area contributed by atoms with Gasteiger partial charge in [0.1, 0.15) is 11.6 Å². The van der Waals surface area contributed by atoms with Gasteiger partial charge in [0, 0.05) is 41.1 Å². The second kappa shape index (κ2) is 8.85. The molecular formula is C23H19BrFN3O3. The van der Waals surface area contributed by atoms with Crippen LogP contribution in [0.2, 0.25) is 0 Å². The largest absolute Gasteiger partial charge is 0.507 e. The molecule has 0 spiro atoms. The van der Waals surface area contributed by atoms with E-state index in [0.717, 1.165) is 4.47 Å². The second-order valence-corrected chi connectivity index (χ2v) is 8.09. The summed E-state index contributed by atoms with van der Waals surface area (Å²) in [5, 5.41) is 10.9. The van der Waals surface area contributed by atoms with Gasteiger partial charge in [-0.2, -0.15) is 0 Å². The Hall–Kier alpha value is -3.26. The number of Topliss-reactive ketones (excluding diaryl/α,β-unsaturated/α-hetero) is 1. The van der Waals surface area contributed by atoms with E-state index in [4.69, 9.17) is 0 Å². The van der Waals surface area contributed by atoms with Crippen LogP contribution in [-0.4, -0.2) is 37.8 Å². The number of halogens is 2. The van der Waals surface area contributed by atoms with Crippen LogP contribution in [0.5, 0.6) is 0 Å². The number of carbonyl (C=O) groups is 2. The molecule has 2 aromatic carbocycles. The molecule has 0 bridgehead atoms. The summed E-state index contributed by atoms with van der Waals surface area (Å²) in [4.78, 5) is 31.1. The SMILES string of the molecule is O=C1C(=O)N(CCCn2ccnc2)C(c2ccccc2F)C1=C(O)c1ccc(Br)cc1. The van der Waals surface area contributed by atoms with E-state index in [9.17, 15) is 19.1 Å². The average molecular weight is 484 g/mol. The number of rotatable bonds is 6.